The Hall–Kier alpha value is -4.80. The van der Waals surface area contributed by atoms with Crippen LogP contribution in [0.15, 0.2) is 155 Å². The van der Waals surface area contributed by atoms with Crippen molar-refractivity contribution in [2.24, 2.45) is 10.8 Å². The quantitative estimate of drug-likeness (QED) is 0.0831. The highest BCUT2D eigenvalue weighted by molar-refractivity contribution is 7.94. The molecule has 14 heteroatoms. The van der Waals surface area contributed by atoms with E-state index in [1.807, 2.05) is 146 Å². The number of sulfonamides is 2. The zero-order valence-electron chi connectivity index (χ0n) is 39.1. The molecule has 0 amide bonds. The van der Waals surface area contributed by atoms with E-state index in [0.717, 1.165) is 33.4 Å². The number of nitrogens with zero attached hydrogens (tertiary/aromatic N) is 2. The summed E-state index contributed by atoms with van der Waals surface area (Å²) in [6, 6.07) is 42.7. The molecule has 2 atom stereocenters. The lowest BCUT2D eigenvalue weighted by Crippen LogP contribution is -2.51. The second-order valence-corrected chi connectivity index (χ2v) is 25.3. The summed E-state index contributed by atoms with van der Waals surface area (Å²) >= 11 is 0. The van der Waals surface area contributed by atoms with Crippen LogP contribution in [-0.4, -0.2) is 37.6 Å². The fourth-order valence-electron chi connectivity index (χ4n) is 8.66. The van der Waals surface area contributed by atoms with Gasteiger partial charge in [0.25, 0.3) is 20.0 Å². The molecule has 2 unspecified atom stereocenters. The van der Waals surface area contributed by atoms with Crippen molar-refractivity contribution in [1.82, 2.24) is 8.15 Å². The highest BCUT2D eigenvalue weighted by Crippen LogP contribution is 2.58. The van der Waals surface area contributed by atoms with Crippen LogP contribution in [0.1, 0.15) is 73.4 Å². The Bertz CT molecular complexity index is 2770. The van der Waals surface area contributed by atoms with Gasteiger partial charge in [0.05, 0.1) is 9.79 Å². The van der Waals surface area contributed by atoms with E-state index in [-0.39, 0.29) is 22.8 Å². The Labute approximate surface area is 395 Å². The Kier molecular flexibility index (Phi) is 15.0. The van der Waals surface area contributed by atoms with Gasteiger partial charge in [-0.25, -0.2) is 16.8 Å². The molecule has 1 aliphatic rings. The van der Waals surface area contributed by atoms with Gasteiger partial charge in [-0.05, 0) is 142 Å². The smallest absolute Gasteiger partial charge is 0.399 e. The van der Waals surface area contributed by atoms with Crippen molar-refractivity contribution in [2.75, 3.05) is 6.54 Å². The normalized spacial score (nSPS) is 17.6. The van der Waals surface area contributed by atoms with E-state index in [4.69, 9.17) is 18.1 Å². The molecule has 1 saturated carbocycles. The first-order valence-corrected chi connectivity index (χ1v) is 27.1. The summed E-state index contributed by atoms with van der Waals surface area (Å²) in [7, 11) is -13.6. The van der Waals surface area contributed by atoms with Crippen molar-refractivity contribution in [1.29, 1.82) is 0 Å². The number of hydrogen-bond acceptors (Lipinski definition) is 8. The fourth-order valence-corrected chi connectivity index (χ4v) is 16.3. The van der Waals surface area contributed by atoms with Crippen LogP contribution >= 0.6 is 17.1 Å². The third kappa shape index (κ3) is 11.5. The van der Waals surface area contributed by atoms with Gasteiger partial charge in [0.2, 0.25) is 0 Å². The van der Waals surface area contributed by atoms with E-state index in [2.05, 4.69) is 13.8 Å². The minimum atomic E-state index is -4.36. The van der Waals surface area contributed by atoms with Gasteiger partial charge < -0.3 is 18.1 Å². The van der Waals surface area contributed by atoms with Crippen LogP contribution in [0.25, 0.3) is 0 Å². The van der Waals surface area contributed by atoms with E-state index >= 15 is 16.8 Å². The van der Waals surface area contributed by atoms with Crippen LogP contribution in [0.2, 0.25) is 0 Å². The topological polar surface area (TPSA) is 112 Å². The second-order valence-electron chi connectivity index (χ2n) is 18.5. The molecule has 66 heavy (non-hydrogen) atoms. The minimum absolute atomic E-state index is 0.0692. The van der Waals surface area contributed by atoms with E-state index in [1.165, 1.54) is 8.15 Å². The highest BCUT2D eigenvalue weighted by atomic mass is 32.2. The van der Waals surface area contributed by atoms with Gasteiger partial charge in [-0.1, -0.05) is 129 Å². The van der Waals surface area contributed by atoms with Crippen LogP contribution in [0, 0.1) is 52.4 Å². The van der Waals surface area contributed by atoms with Gasteiger partial charge in [-0.15, -0.1) is 8.15 Å². The van der Waals surface area contributed by atoms with Gasteiger partial charge >= 0.3 is 17.1 Å². The summed E-state index contributed by atoms with van der Waals surface area (Å²) in [5.74, 6) is 1.94. The molecule has 0 radical (unpaired) electrons. The van der Waals surface area contributed by atoms with Crippen molar-refractivity contribution in [3.8, 4) is 23.0 Å². The molecule has 348 valence electrons. The zero-order valence-corrected chi connectivity index (χ0v) is 42.6. The average Bonchev–Trinajstić information content (AvgIpc) is 3.25. The van der Waals surface area contributed by atoms with Crippen molar-refractivity contribution < 1.29 is 34.9 Å². The molecule has 7 rings (SSSR count). The Morgan fingerprint density at radius 2 is 0.833 bits per heavy atom. The van der Waals surface area contributed by atoms with Crippen molar-refractivity contribution in [2.45, 2.75) is 97.4 Å². The predicted octanol–water partition coefficient (Wildman–Crippen LogP) is 13.6. The molecule has 0 aromatic heterocycles. The zero-order chi connectivity index (χ0) is 47.4. The molecule has 0 heterocycles. The first kappa shape index (κ1) is 49.1. The Morgan fingerprint density at radius 3 is 1.21 bits per heavy atom. The van der Waals surface area contributed by atoms with Gasteiger partial charge in [-0.3, -0.25) is 0 Å². The summed E-state index contributed by atoms with van der Waals surface area (Å²) in [4.78, 5) is 0.181. The highest BCUT2D eigenvalue weighted by Gasteiger charge is 2.53. The van der Waals surface area contributed by atoms with Gasteiger partial charge in [0.15, 0.2) is 0 Å². The number of rotatable bonds is 17. The average molecular weight is 967 g/mol. The number of para-hydroxylation sites is 4. The largest absolute Gasteiger partial charge is 0.426 e. The Morgan fingerprint density at radius 1 is 0.485 bits per heavy atom. The van der Waals surface area contributed by atoms with E-state index in [1.54, 1.807) is 48.5 Å². The minimum Gasteiger partial charge on any atom is -0.426 e. The van der Waals surface area contributed by atoms with Crippen molar-refractivity contribution in [3.05, 3.63) is 179 Å². The van der Waals surface area contributed by atoms with E-state index in [0.29, 0.717) is 35.8 Å². The summed E-state index contributed by atoms with van der Waals surface area (Å²) in [6.07, 6.45) is 1.22. The molecule has 0 spiro atoms. The lowest BCUT2D eigenvalue weighted by Gasteiger charge is -2.50. The van der Waals surface area contributed by atoms with Crippen LogP contribution in [0.4, 0.5) is 0 Å². The lowest BCUT2D eigenvalue weighted by molar-refractivity contribution is 0.0529. The summed E-state index contributed by atoms with van der Waals surface area (Å²) in [5, 5.41) is 0. The molecule has 1 aliphatic carbocycles. The fraction of sp³-hybridized carbons (Fsp3) is 0.308. The number of benzene rings is 6. The summed E-state index contributed by atoms with van der Waals surface area (Å²) in [6.45, 7) is 17.6. The van der Waals surface area contributed by atoms with Crippen LogP contribution < -0.4 is 18.1 Å². The van der Waals surface area contributed by atoms with Gasteiger partial charge in [-0.2, -0.15) is 0 Å². The molecule has 0 N–H and O–H groups in total. The van der Waals surface area contributed by atoms with Gasteiger partial charge in [0, 0.05) is 12.6 Å². The maximum atomic E-state index is 15.6. The third-order valence-electron chi connectivity index (χ3n) is 11.8. The summed E-state index contributed by atoms with van der Waals surface area (Å²) < 4.78 is 92.0. The van der Waals surface area contributed by atoms with E-state index in [9.17, 15) is 0 Å². The van der Waals surface area contributed by atoms with Crippen LogP contribution in [0.5, 0.6) is 23.0 Å². The predicted molar refractivity (Wildman–Crippen MR) is 266 cm³/mol. The Balaban J connectivity index is 1.39. The van der Waals surface area contributed by atoms with E-state index < -0.39 is 54.0 Å². The molecule has 6 aromatic carbocycles. The molecular weight excluding hydrogens is 907 g/mol. The molecule has 1 fully saturated rings. The monoisotopic (exact) mass is 966 g/mol. The van der Waals surface area contributed by atoms with Crippen LogP contribution in [0.3, 0.4) is 0 Å². The molecule has 6 aromatic rings. The molecular formula is C52H60N2O8P2S2. The summed E-state index contributed by atoms with van der Waals surface area (Å²) in [5.41, 5.74) is 3.68. The van der Waals surface area contributed by atoms with Crippen LogP contribution in [-0.2, 0) is 20.0 Å². The third-order valence-corrected chi connectivity index (χ3v) is 19.7. The molecule has 0 bridgehead atoms. The van der Waals surface area contributed by atoms with Gasteiger partial charge in [0.1, 0.15) is 23.0 Å². The maximum Gasteiger partial charge on any atom is 0.399 e. The molecule has 0 aliphatic heterocycles. The second kappa shape index (κ2) is 20.2. The molecule has 0 saturated heterocycles. The SMILES string of the molecule is Cc1ccc(S(=O)(=O)N(CC2(C)CC(N(P(Oc3ccccc3C)Oc3ccccc3C)S(=O)(=O)c3ccc(C)cc3)CC(C)(C)C2)P(Oc2ccccc2C)Oc2ccccc2C)cc1. The standard InChI is InChI=1S/C52H60N2O8P2S2/c1-38-26-30-45(31-27-38)65(55,56)53(63(59-47-22-14-10-18-40(47)3)60-48-23-15-11-19-41(48)4)37-52(9)35-44(34-51(7,8)36-52)54(66(57,58)46-32-28-39(2)29-33-46)64(61-49-24-16-12-20-42(49)5)62-50-25-17-13-21-43(50)6/h10-33,44H,34-37H2,1-9H3. The van der Waals surface area contributed by atoms with Crippen molar-refractivity contribution >= 4 is 37.1 Å². The number of aryl methyl sites for hydroxylation is 6. The lowest BCUT2D eigenvalue weighted by atomic mass is 9.63. The first-order chi connectivity index (χ1) is 31.2. The first-order valence-electron chi connectivity index (χ1n) is 22.0. The maximum absolute atomic E-state index is 15.6. The van der Waals surface area contributed by atoms with Crippen molar-refractivity contribution in [3.63, 3.8) is 0 Å². The number of hydrogen-bond donors (Lipinski definition) is 0. The molecule has 10 nitrogen and oxygen atoms in total.